The second kappa shape index (κ2) is 10.7. The van der Waals surface area contributed by atoms with Crippen LogP contribution in [0, 0.1) is 0 Å². The first-order valence-electron chi connectivity index (χ1n) is 10.0. The van der Waals surface area contributed by atoms with Gasteiger partial charge in [0, 0.05) is 13.5 Å². The maximum atomic E-state index is 12.8. The second-order valence-electron chi connectivity index (χ2n) is 6.88. The zero-order valence-corrected chi connectivity index (χ0v) is 18.7. The van der Waals surface area contributed by atoms with E-state index in [0.29, 0.717) is 30.2 Å². The number of hydrogen-bond donors (Lipinski definition) is 0. The summed E-state index contributed by atoms with van der Waals surface area (Å²) in [4.78, 5) is 12.2. The van der Waals surface area contributed by atoms with Gasteiger partial charge < -0.3 is 14.2 Å². The van der Waals surface area contributed by atoms with Crippen LogP contribution >= 0.6 is 0 Å². The number of para-hydroxylation sites is 1. The topological polar surface area (TPSA) is 82.1 Å². The fourth-order valence-electron chi connectivity index (χ4n) is 2.87. The molecule has 0 fully saturated rings. The van der Waals surface area contributed by atoms with Crippen LogP contribution in [0.15, 0.2) is 83.8 Å². The first-order valence-corrected chi connectivity index (χ1v) is 11.5. The first kappa shape index (κ1) is 23.1. The SMILES string of the molecule is COc1ccc(S(=O)(=O)N(C)c2ccc(OC(=O)CCCOc3ccccc3)cc2)cc1. The highest BCUT2D eigenvalue weighted by Gasteiger charge is 2.21. The minimum absolute atomic E-state index is 0.147. The molecule has 0 spiro atoms. The third-order valence-electron chi connectivity index (χ3n) is 4.69. The highest BCUT2D eigenvalue weighted by molar-refractivity contribution is 7.92. The van der Waals surface area contributed by atoms with Crippen LogP contribution in [0.2, 0.25) is 0 Å². The van der Waals surface area contributed by atoms with Crippen LogP contribution < -0.4 is 18.5 Å². The number of benzene rings is 3. The minimum Gasteiger partial charge on any atom is -0.497 e. The molecule has 168 valence electrons. The fourth-order valence-corrected chi connectivity index (χ4v) is 4.07. The first-order chi connectivity index (χ1) is 15.4. The van der Waals surface area contributed by atoms with E-state index < -0.39 is 10.0 Å². The zero-order chi connectivity index (χ0) is 23.0. The third kappa shape index (κ3) is 6.01. The standard InChI is InChI=1S/C24H25NO6S/c1-25(32(27,28)23-16-14-20(29-2)15-17-23)19-10-12-22(13-11-19)31-24(26)9-6-18-30-21-7-4-3-5-8-21/h3-5,7-8,10-17H,6,9,18H2,1-2H3. The van der Waals surface area contributed by atoms with Crippen molar-refractivity contribution >= 4 is 21.7 Å². The van der Waals surface area contributed by atoms with E-state index in [1.165, 1.54) is 30.6 Å². The summed E-state index contributed by atoms with van der Waals surface area (Å²) in [5.74, 6) is 1.29. The summed E-state index contributed by atoms with van der Waals surface area (Å²) in [6.45, 7) is 0.409. The van der Waals surface area contributed by atoms with Gasteiger partial charge in [0.2, 0.25) is 0 Å². The van der Waals surface area contributed by atoms with E-state index in [4.69, 9.17) is 14.2 Å². The molecule has 0 amide bonds. The van der Waals surface area contributed by atoms with Gasteiger partial charge in [-0.05, 0) is 67.1 Å². The molecule has 3 rings (SSSR count). The number of hydrogen-bond acceptors (Lipinski definition) is 6. The molecule has 0 aliphatic carbocycles. The van der Waals surface area contributed by atoms with Gasteiger partial charge in [-0.1, -0.05) is 18.2 Å². The van der Waals surface area contributed by atoms with E-state index >= 15 is 0 Å². The number of sulfonamides is 1. The molecule has 0 aliphatic rings. The van der Waals surface area contributed by atoms with Gasteiger partial charge in [0.15, 0.2) is 0 Å². The normalized spacial score (nSPS) is 10.9. The molecule has 0 N–H and O–H groups in total. The molecule has 7 nitrogen and oxygen atoms in total. The van der Waals surface area contributed by atoms with Crippen LogP contribution in [0.1, 0.15) is 12.8 Å². The van der Waals surface area contributed by atoms with Crippen molar-refractivity contribution in [1.29, 1.82) is 0 Å². The van der Waals surface area contributed by atoms with Crippen LogP contribution in [-0.4, -0.2) is 35.2 Å². The Morgan fingerprint density at radius 1 is 0.844 bits per heavy atom. The van der Waals surface area contributed by atoms with E-state index in [0.717, 1.165) is 5.75 Å². The number of anilines is 1. The predicted molar refractivity (Wildman–Crippen MR) is 122 cm³/mol. The number of rotatable bonds is 10. The lowest BCUT2D eigenvalue weighted by molar-refractivity contribution is -0.134. The Morgan fingerprint density at radius 2 is 1.47 bits per heavy atom. The molecule has 0 radical (unpaired) electrons. The molecule has 8 heteroatoms. The van der Waals surface area contributed by atoms with Crippen molar-refractivity contribution in [2.24, 2.45) is 0 Å². The molecule has 0 unspecified atom stereocenters. The summed E-state index contributed by atoms with van der Waals surface area (Å²) in [5, 5.41) is 0. The molecule has 0 saturated carbocycles. The molecule has 0 aliphatic heterocycles. The van der Waals surface area contributed by atoms with Gasteiger partial charge in [-0.25, -0.2) is 8.42 Å². The fraction of sp³-hybridized carbons (Fsp3) is 0.208. The number of ether oxygens (including phenoxy) is 3. The lowest BCUT2D eigenvalue weighted by Crippen LogP contribution is -2.26. The number of nitrogens with zero attached hydrogens (tertiary/aromatic N) is 1. The van der Waals surface area contributed by atoms with Crippen LogP contribution in [0.4, 0.5) is 5.69 Å². The van der Waals surface area contributed by atoms with Crippen molar-refractivity contribution in [3.63, 3.8) is 0 Å². The summed E-state index contributed by atoms with van der Waals surface area (Å²) < 4.78 is 42.8. The number of carbonyl (C=O) groups excluding carboxylic acids is 1. The third-order valence-corrected chi connectivity index (χ3v) is 6.49. The molecule has 32 heavy (non-hydrogen) atoms. The van der Waals surface area contributed by atoms with Crippen molar-refractivity contribution in [3.05, 3.63) is 78.9 Å². The lowest BCUT2D eigenvalue weighted by Gasteiger charge is -2.20. The second-order valence-corrected chi connectivity index (χ2v) is 8.85. The predicted octanol–water partition coefficient (Wildman–Crippen LogP) is 4.28. The smallest absolute Gasteiger partial charge is 0.311 e. The minimum atomic E-state index is -3.73. The molecule has 0 bridgehead atoms. The van der Waals surface area contributed by atoms with E-state index in [9.17, 15) is 13.2 Å². The molecular weight excluding hydrogens is 430 g/mol. The van der Waals surface area contributed by atoms with Crippen molar-refractivity contribution in [1.82, 2.24) is 0 Å². The van der Waals surface area contributed by atoms with Gasteiger partial charge in [0.25, 0.3) is 10.0 Å². The Balaban J connectivity index is 1.52. The maximum Gasteiger partial charge on any atom is 0.311 e. The molecule has 0 atom stereocenters. The van der Waals surface area contributed by atoms with Gasteiger partial charge >= 0.3 is 5.97 Å². The van der Waals surface area contributed by atoms with Gasteiger partial charge in [-0.2, -0.15) is 0 Å². The Hall–Kier alpha value is -3.52. The molecule has 3 aromatic carbocycles. The molecule has 3 aromatic rings. The van der Waals surface area contributed by atoms with E-state index in [-0.39, 0.29) is 17.3 Å². The summed E-state index contributed by atoms with van der Waals surface area (Å²) in [6, 6.07) is 21.8. The Morgan fingerprint density at radius 3 is 2.09 bits per heavy atom. The lowest BCUT2D eigenvalue weighted by atomic mass is 10.3. The molecular formula is C24H25NO6S. The summed E-state index contributed by atoms with van der Waals surface area (Å²) >= 11 is 0. The quantitative estimate of drug-likeness (QED) is 0.258. The largest absolute Gasteiger partial charge is 0.497 e. The van der Waals surface area contributed by atoms with Gasteiger partial charge in [-0.3, -0.25) is 9.10 Å². The van der Waals surface area contributed by atoms with Gasteiger partial charge in [0.05, 0.1) is 24.3 Å². The summed E-state index contributed by atoms with van der Waals surface area (Å²) in [5.41, 5.74) is 0.442. The average Bonchev–Trinajstić information content (AvgIpc) is 2.82. The van der Waals surface area contributed by atoms with Crippen molar-refractivity contribution in [2.75, 3.05) is 25.1 Å². The van der Waals surface area contributed by atoms with Crippen LogP contribution in [-0.2, 0) is 14.8 Å². The average molecular weight is 456 g/mol. The number of esters is 1. The van der Waals surface area contributed by atoms with Crippen molar-refractivity contribution in [2.45, 2.75) is 17.7 Å². The van der Waals surface area contributed by atoms with Gasteiger partial charge in [0.1, 0.15) is 17.2 Å². The highest BCUT2D eigenvalue weighted by atomic mass is 32.2. The highest BCUT2D eigenvalue weighted by Crippen LogP contribution is 2.25. The molecule has 0 heterocycles. The monoisotopic (exact) mass is 455 g/mol. The van der Waals surface area contributed by atoms with Crippen LogP contribution in [0.3, 0.4) is 0 Å². The maximum absolute atomic E-state index is 12.8. The zero-order valence-electron chi connectivity index (χ0n) is 17.9. The summed E-state index contributed by atoms with van der Waals surface area (Å²) in [7, 11) is -0.753. The van der Waals surface area contributed by atoms with Crippen LogP contribution in [0.5, 0.6) is 17.2 Å². The molecule has 0 aromatic heterocycles. The Kier molecular flexibility index (Phi) is 7.72. The number of carbonyl (C=O) groups is 1. The van der Waals surface area contributed by atoms with Crippen molar-refractivity contribution < 1.29 is 27.4 Å². The summed E-state index contributed by atoms with van der Waals surface area (Å²) in [6.07, 6.45) is 0.731. The Bertz CT molecular complexity index is 1110. The van der Waals surface area contributed by atoms with E-state index in [1.807, 2.05) is 30.3 Å². The van der Waals surface area contributed by atoms with Crippen molar-refractivity contribution in [3.8, 4) is 17.2 Å². The Labute approximate surface area is 188 Å². The number of methoxy groups -OCH3 is 1. The van der Waals surface area contributed by atoms with Crippen LogP contribution in [0.25, 0.3) is 0 Å². The van der Waals surface area contributed by atoms with Gasteiger partial charge in [-0.15, -0.1) is 0 Å². The van der Waals surface area contributed by atoms with E-state index in [2.05, 4.69) is 0 Å². The van der Waals surface area contributed by atoms with E-state index in [1.54, 1.807) is 36.4 Å². The molecule has 0 saturated heterocycles.